The highest BCUT2D eigenvalue weighted by molar-refractivity contribution is 5.93. The Balaban J connectivity index is 1.92. The van der Waals surface area contributed by atoms with Crippen molar-refractivity contribution >= 4 is 11.6 Å². The molecule has 2 N–H and O–H groups in total. The van der Waals surface area contributed by atoms with Gasteiger partial charge in [-0.15, -0.1) is 0 Å². The molecule has 0 spiro atoms. The smallest absolute Gasteiger partial charge is 0.238 e. The van der Waals surface area contributed by atoms with Crippen molar-refractivity contribution in [2.45, 2.75) is 26.7 Å². The molecule has 6 heteroatoms. The quantitative estimate of drug-likeness (QED) is 0.851. The molecule has 1 aliphatic heterocycles. The average Bonchev–Trinajstić information content (AvgIpc) is 2.65. The van der Waals surface area contributed by atoms with Crippen LogP contribution in [0.15, 0.2) is 0 Å². The molecule has 1 saturated heterocycles. The number of carbonyl (C=O) groups is 1. The second-order valence-electron chi connectivity index (χ2n) is 5.64. The Kier molecular flexibility index (Phi) is 4.77. The number of rotatable bonds is 4. The number of aromatic nitrogens is 2. The summed E-state index contributed by atoms with van der Waals surface area (Å²) < 4.78 is 1.77. The predicted molar refractivity (Wildman–Crippen MR) is 77.6 cm³/mol. The summed E-state index contributed by atoms with van der Waals surface area (Å²) in [7, 11) is 1.87. The van der Waals surface area contributed by atoms with Gasteiger partial charge in [-0.25, -0.2) is 0 Å². The largest absolute Gasteiger partial charge is 0.396 e. The average molecular weight is 280 g/mol. The highest BCUT2D eigenvalue weighted by atomic mass is 16.3. The number of piperidine rings is 1. The second kappa shape index (κ2) is 6.37. The number of aryl methyl sites for hydroxylation is 2. The van der Waals surface area contributed by atoms with Crippen molar-refractivity contribution in [1.29, 1.82) is 0 Å². The van der Waals surface area contributed by atoms with Crippen molar-refractivity contribution < 1.29 is 9.90 Å². The summed E-state index contributed by atoms with van der Waals surface area (Å²) in [5.74, 6) is 0.293. The van der Waals surface area contributed by atoms with E-state index in [4.69, 9.17) is 0 Å². The standard InChI is InChI=1S/C14H24N4O2/c1-10-14(11(2)17(3)16-10)15-13(20)8-18-6-4-5-12(7-18)9-19/h12,19H,4-9H2,1-3H3,(H,15,20). The highest BCUT2D eigenvalue weighted by Crippen LogP contribution is 2.19. The van der Waals surface area contributed by atoms with Crippen molar-refractivity contribution in [2.24, 2.45) is 13.0 Å². The summed E-state index contributed by atoms with van der Waals surface area (Å²) in [6, 6.07) is 0. The first-order valence-corrected chi connectivity index (χ1v) is 7.14. The Morgan fingerprint density at radius 3 is 2.85 bits per heavy atom. The number of aliphatic hydroxyl groups is 1. The lowest BCUT2D eigenvalue weighted by Gasteiger charge is -2.31. The van der Waals surface area contributed by atoms with Gasteiger partial charge in [-0.3, -0.25) is 14.4 Å². The molecule has 1 fully saturated rings. The summed E-state index contributed by atoms with van der Waals surface area (Å²) in [4.78, 5) is 14.2. The van der Waals surface area contributed by atoms with Crippen LogP contribution in [-0.2, 0) is 11.8 Å². The molecule has 0 aromatic carbocycles. The van der Waals surface area contributed by atoms with Crippen LogP contribution in [-0.4, -0.2) is 51.9 Å². The molecular formula is C14H24N4O2. The molecule has 6 nitrogen and oxygen atoms in total. The first-order valence-electron chi connectivity index (χ1n) is 7.14. The van der Waals surface area contributed by atoms with Crippen molar-refractivity contribution in [3.8, 4) is 0 Å². The van der Waals surface area contributed by atoms with Crippen LogP contribution in [0.3, 0.4) is 0 Å². The van der Waals surface area contributed by atoms with Crippen LogP contribution in [0.4, 0.5) is 5.69 Å². The number of anilines is 1. The summed E-state index contributed by atoms with van der Waals surface area (Å²) in [5, 5.41) is 16.5. The Labute approximate surface area is 119 Å². The van der Waals surface area contributed by atoms with Crippen molar-refractivity contribution in [1.82, 2.24) is 14.7 Å². The summed E-state index contributed by atoms with van der Waals surface area (Å²) >= 11 is 0. The minimum atomic E-state index is -0.0113. The van der Waals surface area contributed by atoms with Gasteiger partial charge in [0.15, 0.2) is 0 Å². The zero-order chi connectivity index (χ0) is 14.7. The van der Waals surface area contributed by atoms with Crippen LogP contribution < -0.4 is 5.32 Å². The molecule has 1 aromatic heterocycles. The number of amides is 1. The molecule has 20 heavy (non-hydrogen) atoms. The minimum Gasteiger partial charge on any atom is -0.396 e. The maximum Gasteiger partial charge on any atom is 0.238 e. The number of likely N-dealkylation sites (tertiary alicyclic amines) is 1. The second-order valence-corrected chi connectivity index (χ2v) is 5.64. The molecule has 0 saturated carbocycles. The summed E-state index contributed by atoms with van der Waals surface area (Å²) in [6.45, 7) is 6.15. The minimum absolute atomic E-state index is 0.0113. The first-order chi connectivity index (χ1) is 9.51. The number of nitrogens with one attached hydrogen (secondary N) is 1. The number of carbonyl (C=O) groups excluding carboxylic acids is 1. The third-order valence-corrected chi connectivity index (χ3v) is 4.00. The molecule has 0 radical (unpaired) electrons. The van der Waals surface area contributed by atoms with E-state index in [9.17, 15) is 9.90 Å². The van der Waals surface area contributed by atoms with E-state index in [0.717, 1.165) is 43.0 Å². The Morgan fingerprint density at radius 2 is 2.25 bits per heavy atom. The van der Waals surface area contributed by atoms with Crippen LogP contribution in [0.2, 0.25) is 0 Å². The van der Waals surface area contributed by atoms with Gasteiger partial charge in [-0.05, 0) is 39.2 Å². The zero-order valence-electron chi connectivity index (χ0n) is 12.5. The van der Waals surface area contributed by atoms with Crippen molar-refractivity contribution in [3.63, 3.8) is 0 Å². The van der Waals surface area contributed by atoms with Gasteiger partial charge in [0, 0.05) is 20.2 Å². The fourth-order valence-electron chi connectivity index (χ4n) is 2.78. The van der Waals surface area contributed by atoms with E-state index in [1.165, 1.54) is 0 Å². The maximum atomic E-state index is 12.1. The van der Waals surface area contributed by atoms with E-state index in [1.54, 1.807) is 4.68 Å². The fourth-order valence-corrected chi connectivity index (χ4v) is 2.78. The van der Waals surface area contributed by atoms with Crippen molar-refractivity contribution in [2.75, 3.05) is 31.6 Å². The number of aliphatic hydroxyl groups excluding tert-OH is 1. The van der Waals surface area contributed by atoms with Crippen LogP contribution in [0.5, 0.6) is 0 Å². The molecule has 0 bridgehead atoms. The molecule has 1 aliphatic rings. The molecule has 2 heterocycles. The molecule has 112 valence electrons. The van der Waals surface area contributed by atoms with Gasteiger partial charge in [0.1, 0.15) is 0 Å². The van der Waals surface area contributed by atoms with E-state index >= 15 is 0 Å². The van der Waals surface area contributed by atoms with Gasteiger partial charge in [-0.2, -0.15) is 5.10 Å². The van der Waals surface area contributed by atoms with E-state index in [2.05, 4.69) is 15.3 Å². The maximum absolute atomic E-state index is 12.1. The van der Waals surface area contributed by atoms with E-state index < -0.39 is 0 Å². The lowest BCUT2D eigenvalue weighted by atomic mass is 9.99. The normalized spacial score (nSPS) is 20.1. The lowest BCUT2D eigenvalue weighted by Crippen LogP contribution is -2.41. The number of hydrogen-bond acceptors (Lipinski definition) is 4. The third kappa shape index (κ3) is 3.37. The van der Waals surface area contributed by atoms with Gasteiger partial charge in [0.05, 0.1) is 23.6 Å². The van der Waals surface area contributed by atoms with Gasteiger partial charge >= 0.3 is 0 Å². The molecule has 1 amide bonds. The summed E-state index contributed by atoms with van der Waals surface area (Å²) in [6.07, 6.45) is 2.10. The first kappa shape index (κ1) is 15.0. The van der Waals surface area contributed by atoms with Gasteiger partial charge in [-0.1, -0.05) is 0 Å². The Bertz CT molecular complexity index is 484. The van der Waals surface area contributed by atoms with E-state index in [0.29, 0.717) is 12.5 Å². The van der Waals surface area contributed by atoms with E-state index in [-0.39, 0.29) is 12.5 Å². The third-order valence-electron chi connectivity index (χ3n) is 4.00. The molecule has 1 atom stereocenters. The van der Waals surface area contributed by atoms with Gasteiger partial charge in [0.25, 0.3) is 0 Å². The summed E-state index contributed by atoms with van der Waals surface area (Å²) in [5.41, 5.74) is 2.61. The fraction of sp³-hybridized carbons (Fsp3) is 0.714. The number of nitrogens with zero attached hydrogens (tertiary/aromatic N) is 3. The Morgan fingerprint density at radius 1 is 1.50 bits per heavy atom. The lowest BCUT2D eigenvalue weighted by molar-refractivity contribution is -0.117. The topological polar surface area (TPSA) is 70.4 Å². The van der Waals surface area contributed by atoms with Crippen LogP contribution in [0.1, 0.15) is 24.2 Å². The monoisotopic (exact) mass is 280 g/mol. The molecular weight excluding hydrogens is 256 g/mol. The Hall–Kier alpha value is -1.40. The van der Waals surface area contributed by atoms with Crippen molar-refractivity contribution in [3.05, 3.63) is 11.4 Å². The van der Waals surface area contributed by atoms with Crippen LogP contribution in [0, 0.1) is 19.8 Å². The zero-order valence-corrected chi connectivity index (χ0v) is 12.5. The van der Waals surface area contributed by atoms with Crippen LogP contribution in [0.25, 0.3) is 0 Å². The molecule has 2 rings (SSSR count). The van der Waals surface area contributed by atoms with Crippen LogP contribution >= 0.6 is 0 Å². The molecule has 0 aliphatic carbocycles. The van der Waals surface area contributed by atoms with Gasteiger partial charge in [0.2, 0.25) is 5.91 Å². The van der Waals surface area contributed by atoms with Gasteiger partial charge < -0.3 is 10.4 Å². The highest BCUT2D eigenvalue weighted by Gasteiger charge is 2.21. The van der Waals surface area contributed by atoms with E-state index in [1.807, 2.05) is 20.9 Å². The number of hydrogen-bond donors (Lipinski definition) is 2. The predicted octanol–water partition coefficient (Wildman–Crippen LogP) is 0.680. The molecule has 1 aromatic rings. The molecule has 1 unspecified atom stereocenters. The SMILES string of the molecule is Cc1nn(C)c(C)c1NC(=O)CN1CCCC(CO)C1.